The third-order valence-electron chi connectivity index (χ3n) is 4.30. The Kier molecular flexibility index (Phi) is 4.31. The Labute approximate surface area is 154 Å². The molecule has 1 atom stereocenters. The van der Waals surface area contributed by atoms with Crippen molar-refractivity contribution < 1.29 is 14.4 Å². The fraction of sp³-hybridized carbons (Fsp3) is 0.167. The summed E-state index contributed by atoms with van der Waals surface area (Å²) in [6.07, 6.45) is 0. The second-order valence-electron chi connectivity index (χ2n) is 5.84. The molecule has 0 bridgehead atoms. The molecule has 0 aromatic heterocycles. The average Bonchev–Trinajstić information content (AvgIpc) is 2.77. The van der Waals surface area contributed by atoms with Gasteiger partial charge in [-0.1, -0.05) is 23.2 Å². The highest BCUT2D eigenvalue weighted by atomic mass is 35.5. The van der Waals surface area contributed by atoms with Crippen LogP contribution in [-0.2, 0) is 9.59 Å². The zero-order valence-electron chi connectivity index (χ0n) is 13.5. The Morgan fingerprint density at radius 3 is 1.76 bits per heavy atom. The SMILES string of the molecule is CC(=O)C1(C)C(=O)N(c2ccc(Cl)cc2)C(=O)N1c1ccc(Cl)cc1. The minimum Gasteiger partial charge on any atom is -0.297 e. The maximum atomic E-state index is 13.0. The normalized spacial score (nSPS) is 20.3. The first-order valence-corrected chi connectivity index (χ1v) is 8.23. The van der Waals surface area contributed by atoms with E-state index in [9.17, 15) is 14.4 Å². The number of hydrogen-bond acceptors (Lipinski definition) is 3. The number of hydrogen-bond donors (Lipinski definition) is 0. The molecule has 25 heavy (non-hydrogen) atoms. The summed E-state index contributed by atoms with van der Waals surface area (Å²) in [4.78, 5) is 40.5. The van der Waals surface area contributed by atoms with Gasteiger partial charge in [-0.05, 0) is 62.4 Å². The van der Waals surface area contributed by atoms with Crippen molar-refractivity contribution in [2.24, 2.45) is 0 Å². The molecule has 1 fully saturated rings. The maximum Gasteiger partial charge on any atom is 0.337 e. The highest BCUT2D eigenvalue weighted by Gasteiger charge is 2.58. The molecule has 0 radical (unpaired) electrons. The number of imide groups is 1. The van der Waals surface area contributed by atoms with Crippen LogP contribution in [0.1, 0.15) is 13.8 Å². The zero-order chi connectivity index (χ0) is 18.4. The molecule has 0 aliphatic carbocycles. The largest absolute Gasteiger partial charge is 0.337 e. The van der Waals surface area contributed by atoms with Gasteiger partial charge in [0.05, 0.1) is 5.69 Å². The molecule has 0 saturated carbocycles. The quantitative estimate of drug-likeness (QED) is 0.592. The van der Waals surface area contributed by atoms with Gasteiger partial charge >= 0.3 is 6.03 Å². The van der Waals surface area contributed by atoms with E-state index in [0.29, 0.717) is 21.4 Å². The van der Waals surface area contributed by atoms with Gasteiger partial charge in [-0.25, -0.2) is 9.69 Å². The van der Waals surface area contributed by atoms with Crippen molar-refractivity contribution in [1.29, 1.82) is 0 Å². The van der Waals surface area contributed by atoms with E-state index in [4.69, 9.17) is 23.2 Å². The average molecular weight is 377 g/mol. The van der Waals surface area contributed by atoms with E-state index in [-0.39, 0.29) is 0 Å². The second kappa shape index (κ2) is 6.17. The summed E-state index contributed by atoms with van der Waals surface area (Å²) in [5, 5.41) is 0.965. The van der Waals surface area contributed by atoms with Crippen molar-refractivity contribution in [2.75, 3.05) is 9.80 Å². The predicted octanol–water partition coefficient (Wildman–Crippen LogP) is 4.31. The summed E-state index contributed by atoms with van der Waals surface area (Å²) in [6.45, 7) is 2.74. The van der Waals surface area contributed by atoms with Gasteiger partial charge in [0.15, 0.2) is 11.3 Å². The minimum absolute atomic E-state index is 0.350. The van der Waals surface area contributed by atoms with E-state index < -0.39 is 23.3 Å². The summed E-state index contributed by atoms with van der Waals surface area (Å²) >= 11 is 11.8. The Hall–Kier alpha value is -2.37. The number of ketones is 1. The lowest BCUT2D eigenvalue weighted by Gasteiger charge is -2.29. The molecule has 0 spiro atoms. The summed E-state index contributed by atoms with van der Waals surface area (Å²) in [7, 11) is 0. The van der Waals surface area contributed by atoms with E-state index in [2.05, 4.69) is 0 Å². The number of halogens is 2. The Bertz CT molecular complexity index is 865. The topological polar surface area (TPSA) is 57.7 Å². The number of carbonyl (C=O) groups excluding carboxylic acids is 3. The van der Waals surface area contributed by atoms with Gasteiger partial charge in [0, 0.05) is 15.7 Å². The first-order valence-electron chi connectivity index (χ1n) is 7.47. The van der Waals surface area contributed by atoms with Gasteiger partial charge in [0.25, 0.3) is 5.91 Å². The first kappa shape index (κ1) is 17.5. The lowest BCUT2D eigenvalue weighted by Crippen LogP contribution is -2.53. The molecule has 3 amide bonds. The van der Waals surface area contributed by atoms with Crippen LogP contribution in [-0.4, -0.2) is 23.3 Å². The Morgan fingerprint density at radius 2 is 1.32 bits per heavy atom. The van der Waals surface area contributed by atoms with E-state index in [0.717, 1.165) is 4.90 Å². The van der Waals surface area contributed by atoms with Crippen molar-refractivity contribution in [1.82, 2.24) is 0 Å². The smallest absolute Gasteiger partial charge is 0.297 e. The molecule has 5 nitrogen and oxygen atoms in total. The fourth-order valence-electron chi connectivity index (χ4n) is 2.78. The van der Waals surface area contributed by atoms with E-state index in [1.807, 2.05) is 0 Å². The zero-order valence-corrected chi connectivity index (χ0v) is 15.0. The molecule has 1 unspecified atom stereocenters. The highest BCUT2D eigenvalue weighted by Crippen LogP contribution is 2.37. The molecule has 1 heterocycles. The molecule has 3 rings (SSSR count). The van der Waals surface area contributed by atoms with Gasteiger partial charge in [-0.3, -0.25) is 14.5 Å². The number of Topliss-reactive ketones (excluding diaryl/α,β-unsaturated/α-hetero) is 1. The van der Waals surface area contributed by atoms with E-state index >= 15 is 0 Å². The monoisotopic (exact) mass is 376 g/mol. The molecule has 7 heteroatoms. The number of carbonyl (C=O) groups is 3. The molecule has 128 valence electrons. The lowest BCUT2D eigenvalue weighted by atomic mass is 9.95. The van der Waals surface area contributed by atoms with Gasteiger partial charge in [-0.15, -0.1) is 0 Å². The number of urea groups is 1. The van der Waals surface area contributed by atoms with Gasteiger partial charge in [0.2, 0.25) is 0 Å². The highest BCUT2D eigenvalue weighted by molar-refractivity contribution is 6.37. The molecular formula is C18H14Cl2N2O3. The van der Waals surface area contributed by atoms with Crippen molar-refractivity contribution in [3.05, 3.63) is 58.6 Å². The molecule has 2 aromatic carbocycles. The molecule has 1 aliphatic heterocycles. The van der Waals surface area contributed by atoms with Gasteiger partial charge in [-0.2, -0.15) is 0 Å². The third-order valence-corrected chi connectivity index (χ3v) is 4.81. The first-order chi connectivity index (χ1) is 11.8. The summed E-state index contributed by atoms with van der Waals surface area (Å²) in [5.74, 6) is -1.04. The number of rotatable bonds is 3. The second-order valence-corrected chi connectivity index (χ2v) is 6.71. The molecule has 2 aromatic rings. The number of nitrogens with zero attached hydrogens (tertiary/aromatic N) is 2. The predicted molar refractivity (Wildman–Crippen MR) is 97.4 cm³/mol. The van der Waals surface area contributed by atoms with Crippen LogP contribution in [0.15, 0.2) is 48.5 Å². The van der Waals surface area contributed by atoms with Crippen LogP contribution in [0.3, 0.4) is 0 Å². The van der Waals surface area contributed by atoms with Gasteiger partial charge in [0.1, 0.15) is 0 Å². The number of anilines is 2. The van der Waals surface area contributed by atoms with Crippen LogP contribution in [0, 0.1) is 0 Å². The Morgan fingerprint density at radius 1 is 0.880 bits per heavy atom. The van der Waals surface area contributed by atoms with Crippen LogP contribution in [0.5, 0.6) is 0 Å². The number of amides is 3. The van der Waals surface area contributed by atoms with Crippen LogP contribution in [0.2, 0.25) is 10.0 Å². The third kappa shape index (κ3) is 2.69. The summed E-state index contributed by atoms with van der Waals surface area (Å²) in [5.41, 5.74) is -0.870. The van der Waals surface area contributed by atoms with Crippen LogP contribution in [0.4, 0.5) is 16.2 Å². The Balaban J connectivity index is 2.14. The number of benzene rings is 2. The summed E-state index contributed by atoms with van der Waals surface area (Å²) < 4.78 is 0. The van der Waals surface area contributed by atoms with Crippen LogP contribution < -0.4 is 9.80 Å². The molecular weight excluding hydrogens is 363 g/mol. The fourth-order valence-corrected chi connectivity index (χ4v) is 3.03. The van der Waals surface area contributed by atoms with Crippen molar-refractivity contribution in [3.8, 4) is 0 Å². The summed E-state index contributed by atoms with van der Waals surface area (Å²) in [6, 6.07) is 12.1. The maximum absolute atomic E-state index is 13.0. The molecule has 0 N–H and O–H groups in total. The van der Waals surface area contributed by atoms with Crippen molar-refractivity contribution in [3.63, 3.8) is 0 Å². The van der Waals surface area contributed by atoms with Gasteiger partial charge < -0.3 is 0 Å². The van der Waals surface area contributed by atoms with E-state index in [1.165, 1.54) is 18.7 Å². The minimum atomic E-state index is -1.63. The van der Waals surface area contributed by atoms with Crippen molar-refractivity contribution >= 4 is 52.3 Å². The standard InChI is InChI=1S/C18H14Cl2N2O3/c1-11(23)18(2)16(24)21(14-7-3-12(19)4-8-14)17(25)22(18)15-9-5-13(20)6-10-15/h3-10H,1-2H3. The molecule has 1 aliphatic rings. The van der Waals surface area contributed by atoms with Crippen molar-refractivity contribution in [2.45, 2.75) is 19.4 Å². The van der Waals surface area contributed by atoms with Crippen LogP contribution >= 0.6 is 23.2 Å². The van der Waals surface area contributed by atoms with Crippen LogP contribution in [0.25, 0.3) is 0 Å². The van der Waals surface area contributed by atoms with E-state index in [1.54, 1.807) is 48.5 Å². The lowest BCUT2D eigenvalue weighted by molar-refractivity contribution is -0.130. The molecule has 1 saturated heterocycles.